The molecule has 2 rings (SSSR count). The Morgan fingerprint density at radius 2 is 2.00 bits per heavy atom. The van der Waals surface area contributed by atoms with Crippen LogP contribution in [0.15, 0.2) is 50.2 Å². The minimum absolute atomic E-state index is 0.0881. The number of benzene rings is 1. The predicted molar refractivity (Wildman–Crippen MR) is 76.4 cm³/mol. The van der Waals surface area contributed by atoms with E-state index in [1.165, 1.54) is 6.26 Å². The van der Waals surface area contributed by atoms with Crippen molar-refractivity contribution in [3.8, 4) is 0 Å². The van der Waals surface area contributed by atoms with E-state index in [0.717, 1.165) is 10.0 Å². The maximum Gasteiger partial charge on any atom is 0.256 e. The van der Waals surface area contributed by atoms with Crippen molar-refractivity contribution in [1.82, 2.24) is 5.32 Å². The summed E-state index contributed by atoms with van der Waals surface area (Å²) >= 11 is 6.66. The summed E-state index contributed by atoms with van der Waals surface area (Å²) in [6, 6.07) is 9.35. The van der Waals surface area contributed by atoms with E-state index >= 15 is 0 Å². The summed E-state index contributed by atoms with van der Waals surface area (Å²) in [4.78, 5) is 12.0. The molecule has 0 saturated carbocycles. The Morgan fingerprint density at radius 3 is 2.61 bits per heavy atom. The molecule has 0 saturated heterocycles. The maximum atomic E-state index is 12.0. The fraction of sp³-hybridized carbons (Fsp3) is 0.154. The second kappa shape index (κ2) is 5.71. The minimum atomic E-state index is -0.168. The van der Waals surface area contributed by atoms with Crippen LogP contribution in [0.1, 0.15) is 28.9 Å². The van der Waals surface area contributed by atoms with Crippen molar-refractivity contribution in [2.75, 3.05) is 0 Å². The van der Waals surface area contributed by atoms with Gasteiger partial charge in [-0.1, -0.05) is 34.1 Å². The van der Waals surface area contributed by atoms with Crippen molar-refractivity contribution in [3.63, 3.8) is 0 Å². The van der Waals surface area contributed by atoms with Crippen LogP contribution in [-0.4, -0.2) is 5.91 Å². The highest BCUT2D eigenvalue weighted by atomic mass is 79.9. The Balaban J connectivity index is 2.13. The fourth-order valence-corrected chi connectivity index (χ4v) is 2.68. The van der Waals surface area contributed by atoms with Crippen LogP contribution in [0.3, 0.4) is 0 Å². The molecule has 1 unspecified atom stereocenters. The second-order valence-electron chi connectivity index (χ2n) is 3.82. The van der Waals surface area contributed by atoms with E-state index in [9.17, 15) is 4.79 Å². The van der Waals surface area contributed by atoms with Gasteiger partial charge in [0.15, 0.2) is 4.67 Å². The average Bonchev–Trinajstić information content (AvgIpc) is 2.76. The third kappa shape index (κ3) is 2.84. The minimum Gasteiger partial charge on any atom is -0.457 e. The molecule has 1 N–H and O–H groups in total. The Hall–Kier alpha value is -1.07. The van der Waals surface area contributed by atoms with Crippen molar-refractivity contribution >= 4 is 37.8 Å². The molecule has 18 heavy (non-hydrogen) atoms. The van der Waals surface area contributed by atoms with Gasteiger partial charge >= 0.3 is 0 Å². The van der Waals surface area contributed by atoms with Crippen molar-refractivity contribution in [3.05, 3.63) is 56.9 Å². The first-order valence-corrected chi connectivity index (χ1v) is 6.96. The molecule has 0 spiro atoms. The summed E-state index contributed by atoms with van der Waals surface area (Å²) in [6.07, 6.45) is 1.47. The van der Waals surface area contributed by atoms with Gasteiger partial charge in [-0.3, -0.25) is 4.79 Å². The first-order valence-electron chi connectivity index (χ1n) is 5.38. The van der Waals surface area contributed by atoms with Crippen LogP contribution in [-0.2, 0) is 0 Å². The van der Waals surface area contributed by atoms with Crippen LogP contribution in [0, 0.1) is 0 Å². The zero-order chi connectivity index (χ0) is 13.1. The Labute approximate surface area is 122 Å². The number of halogens is 2. The molecule has 5 heteroatoms. The van der Waals surface area contributed by atoms with Gasteiger partial charge in [-0.05, 0) is 40.5 Å². The Kier molecular flexibility index (Phi) is 4.24. The molecule has 0 aliphatic heterocycles. The number of carbonyl (C=O) groups is 1. The zero-order valence-corrected chi connectivity index (χ0v) is 12.8. The standard InChI is InChI=1S/C13H11Br2NO2/c1-8(9-4-2-3-5-11(9)14)16-13(17)10-6-7-18-12(10)15/h2-8H,1H3,(H,16,17). The number of amides is 1. The summed E-state index contributed by atoms with van der Waals surface area (Å²) in [5, 5.41) is 2.92. The van der Waals surface area contributed by atoms with Gasteiger partial charge in [0, 0.05) is 4.47 Å². The van der Waals surface area contributed by atoms with Crippen LogP contribution in [0.5, 0.6) is 0 Å². The SMILES string of the molecule is CC(NC(=O)c1ccoc1Br)c1ccccc1Br. The summed E-state index contributed by atoms with van der Waals surface area (Å²) < 4.78 is 6.46. The van der Waals surface area contributed by atoms with E-state index in [0.29, 0.717) is 10.2 Å². The molecule has 0 aliphatic carbocycles. The van der Waals surface area contributed by atoms with E-state index in [4.69, 9.17) is 4.42 Å². The number of furan rings is 1. The van der Waals surface area contributed by atoms with Crippen LogP contribution < -0.4 is 5.32 Å². The largest absolute Gasteiger partial charge is 0.457 e. The molecule has 1 aromatic carbocycles. The second-order valence-corrected chi connectivity index (χ2v) is 5.40. The molecule has 1 amide bonds. The summed E-state index contributed by atoms with van der Waals surface area (Å²) in [7, 11) is 0. The lowest BCUT2D eigenvalue weighted by Crippen LogP contribution is -2.26. The molecule has 0 fully saturated rings. The average molecular weight is 373 g/mol. The molecule has 94 valence electrons. The highest BCUT2D eigenvalue weighted by Crippen LogP contribution is 2.24. The van der Waals surface area contributed by atoms with Crippen molar-refractivity contribution < 1.29 is 9.21 Å². The molecule has 3 nitrogen and oxygen atoms in total. The van der Waals surface area contributed by atoms with Crippen LogP contribution in [0.2, 0.25) is 0 Å². The van der Waals surface area contributed by atoms with E-state index in [2.05, 4.69) is 37.2 Å². The van der Waals surface area contributed by atoms with Crippen LogP contribution in [0.25, 0.3) is 0 Å². The molecule has 1 heterocycles. The van der Waals surface area contributed by atoms with Gasteiger partial charge in [0.25, 0.3) is 5.91 Å². The number of nitrogens with one attached hydrogen (secondary N) is 1. The Bertz CT molecular complexity index is 566. The summed E-state index contributed by atoms with van der Waals surface area (Å²) in [6.45, 7) is 1.94. The molecule has 2 aromatic rings. The smallest absolute Gasteiger partial charge is 0.256 e. The fourth-order valence-electron chi connectivity index (χ4n) is 1.63. The molecule has 0 aliphatic rings. The molecule has 0 radical (unpaired) electrons. The topological polar surface area (TPSA) is 42.2 Å². The Morgan fingerprint density at radius 1 is 1.28 bits per heavy atom. The highest BCUT2D eigenvalue weighted by molar-refractivity contribution is 9.10. The maximum absolute atomic E-state index is 12.0. The summed E-state index contributed by atoms with van der Waals surface area (Å²) in [5.74, 6) is -0.168. The monoisotopic (exact) mass is 371 g/mol. The van der Waals surface area contributed by atoms with E-state index < -0.39 is 0 Å². The summed E-state index contributed by atoms with van der Waals surface area (Å²) in [5.41, 5.74) is 1.53. The van der Waals surface area contributed by atoms with Gasteiger partial charge in [-0.15, -0.1) is 0 Å². The molecular formula is C13H11Br2NO2. The highest BCUT2D eigenvalue weighted by Gasteiger charge is 2.16. The third-order valence-electron chi connectivity index (χ3n) is 2.58. The van der Waals surface area contributed by atoms with E-state index in [-0.39, 0.29) is 11.9 Å². The van der Waals surface area contributed by atoms with Crippen molar-refractivity contribution in [1.29, 1.82) is 0 Å². The molecule has 1 atom stereocenters. The van der Waals surface area contributed by atoms with Crippen LogP contribution >= 0.6 is 31.9 Å². The normalized spacial score (nSPS) is 12.2. The van der Waals surface area contributed by atoms with Gasteiger partial charge in [0.05, 0.1) is 17.9 Å². The number of carbonyl (C=O) groups excluding carboxylic acids is 1. The third-order valence-corrected chi connectivity index (χ3v) is 3.92. The van der Waals surface area contributed by atoms with Gasteiger partial charge < -0.3 is 9.73 Å². The first-order chi connectivity index (χ1) is 8.59. The number of hydrogen-bond acceptors (Lipinski definition) is 2. The van der Waals surface area contributed by atoms with Crippen molar-refractivity contribution in [2.45, 2.75) is 13.0 Å². The lowest BCUT2D eigenvalue weighted by atomic mass is 10.1. The van der Waals surface area contributed by atoms with Gasteiger partial charge in [0.1, 0.15) is 0 Å². The van der Waals surface area contributed by atoms with Gasteiger partial charge in [-0.25, -0.2) is 0 Å². The number of rotatable bonds is 3. The zero-order valence-electron chi connectivity index (χ0n) is 9.61. The molecule has 1 aromatic heterocycles. The lowest BCUT2D eigenvalue weighted by Gasteiger charge is -2.15. The predicted octanol–water partition coefficient (Wildman–Crippen LogP) is 4.30. The van der Waals surface area contributed by atoms with Crippen molar-refractivity contribution in [2.24, 2.45) is 0 Å². The lowest BCUT2D eigenvalue weighted by molar-refractivity contribution is 0.0938. The van der Waals surface area contributed by atoms with E-state index in [1.54, 1.807) is 6.07 Å². The van der Waals surface area contributed by atoms with Gasteiger partial charge in [0.2, 0.25) is 0 Å². The molecular weight excluding hydrogens is 362 g/mol. The van der Waals surface area contributed by atoms with Gasteiger partial charge in [-0.2, -0.15) is 0 Å². The molecule has 0 bridgehead atoms. The number of hydrogen-bond donors (Lipinski definition) is 1. The quantitative estimate of drug-likeness (QED) is 0.872. The first kappa shape index (κ1) is 13.4. The van der Waals surface area contributed by atoms with Crippen LogP contribution in [0.4, 0.5) is 0 Å². The van der Waals surface area contributed by atoms with E-state index in [1.807, 2.05) is 31.2 Å².